The van der Waals surface area contributed by atoms with E-state index in [0.29, 0.717) is 11.7 Å². The van der Waals surface area contributed by atoms with Crippen LogP contribution in [0.1, 0.15) is 24.5 Å². The van der Waals surface area contributed by atoms with Crippen LogP contribution in [0.3, 0.4) is 0 Å². The second-order valence-corrected chi connectivity index (χ2v) is 4.91. The van der Waals surface area contributed by atoms with Crippen LogP contribution in [0.15, 0.2) is 41.2 Å². The Labute approximate surface area is 111 Å². The van der Waals surface area contributed by atoms with Crippen LogP contribution >= 0.6 is 0 Å². The Hall–Kier alpha value is -1.94. The van der Waals surface area contributed by atoms with Gasteiger partial charge in [-0.1, -0.05) is 30.3 Å². The maximum absolute atomic E-state index is 11.8. The fourth-order valence-electron chi connectivity index (χ4n) is 2.54. The molecule has 4 nitrogen and oxygen atoms in total. The molecule has 1 aliphatic rings. The lowest BCUT2D eigenvalue weighted by Crippen LogP contribution is -2.28. The fourth-order valence-corrected chi connectivity index (χ4v) is 2.54. The van der Waals surface area contributed by atoms with Crippen LogP contribution in [-0.4, -0.2) is 23.1 Å². The normalized spacial score (nSPS) is 16.4. The second-order valence-electron chi connectivity index (χ2n) is 4.91. The van der Waals surface area contributed by atoms with Gasteiger partial charge in [-0.05, 0) is 25.9 Å². The van der Waals surface area contributed by atoms with E-state index in [-0.39, 0.29) is 5.56 Å². The Kier molecular flexibility index (Phi) is 3.42. The molecule has 1 aliphatic heterocycles. The van der Waals surface area contributed by atoms with Gasteiger partial charge >= 0.3 is 0 Å². The SMILES string of the molecule is O=c1cc(C2CCNCC2)nc(-c2ccccc2)[nH]1. The number of benzene rings is 1. The summed E-state index contributed by atoms with van der Waals surface area (Å²) in [6.45, 7) is 2.00. The van der Waals surface area contributed by atoms with Gasteiger partial charge in [0.15, 0.2) is 0 Å². The predicted octanol–water partition coefficient (Wildman–Crippen LogP) is 1.90. The van der Waals surface area contributed by atoms with E-state index in [0.717, 1.165) is 37.2 Å². The van der Waals surface area contributed by atoms with E-state index in [2.05, 4.69) is 15.3 Å². The molecule has 19 heavy (non-hydrogen) atoms. The van der Waals surface area contributed by atoms with E-state index < -0.39 is 0 Å². The van der Waals surface area contributed by atoms with Crippen molar-refractivity contribution in [2.75, 3.05) is 13.1 Å². The van der Waals surface area contributed by atoms with Crippen molar-refractivity contribution in [3.63, 3.8) is 0 Å². The quantitative estimate of drug-likeness (QED) is 0.861. The van der Waals surface area contributed by atoms with Gasteiger partial charge in [0, 0.05) is 17.5 Å². The molecule has 1 aromatic carbocycles. The molecule has 0 aliphatic carbocycles. The van der Waals surface area contributed by atoms with Crippen LogP contribution in [0, 0.1) is 0 Å². The average Bonchev–Trinajstić information content (AvgIpc) is 2.48. The summed E-state index contributed by atoms with van der Waals surface area (Å²) in [5.74, 6) is 1.06. The molecule has 3 rings (SSSR count). The van der Waals surface area contributed by atoms with Crippen molar-refractivity contribution in [1.82, 2.24) is 15.3 Å². The van der Waals surface area contributed by atoms with Crippen molar-refractivity contribution >= 4 is 0 Å². The molecular formula is C15H17N3O. The number of nitrogens with one attached hydrogen (secondary N) is 2. The maximum Gasteiger partial charge on any atom is 0.251 e. The summed E-state index contributed by atoms with van der Waals surface area (Å²) in [5.41, 5.74) is 1.81. The van der Waals surface area contributed by atoms with Gasteiger partial charge in [0.2, 0.25) is 0 Å². The fraction of sp³-hybridized carbons (Fsp3) is 0.333. The van der Waals surface area contributed by atoms with E-state index in [4.69, 9.17) is 0 Å². The standard InChI is InChI=1S/C15H17N3O/c19-14-10-13(11-6-8-16-9-7-11)17-15(18-14)12-4-2-1-3-5-12/h1-5,10-11,16H,6-9H2,(H,17,18,19). The Morgan fingerprint density at radius 3 is 2.58 bits per heavy atom. The first-order valence-electron chi connectivity index (χ1n) is 6.70. The van der Waals surface area contributed by atoms with Gasteiger partial charge in [-0.3, -0.25) is 4.79 Å². The van der Waals surface area contributed by atoms with E-state index in [9.17, 15) is 4.79 Å². The number of hydrogen-bond donors (Lipinski definition) is 2. The van der Waals surface area contributed by atoms with Gasteiger partial charge in [-0.2, -0.15) is 0 Å². The monoisotopic (exact) mass is 255 g/mol. The van der Waals surface area contributed by atoms with Gasteiger partial charge in [0.1, 0.15) is 5.82 Å². The van der Waals surface area contributed by atoms with Crippen molar-refractivity contribution in [2.24, 2.45) is 0 Å². The van der Waals surface area contributed by atoms with E-state index in [1.165, 1.54) is 0 Å². The molecule has 2 aromatic rings. The highest BCUT2D eigenvalue weighted by Gasteiger charge is 2.17. The van der Waals surface area contributed by atoms with Crippen LogP contribution < -0.4 is 10.9 Å². The van der Waals surface area contributed by atoms with E-state index in [1.54, 1.807) is 6.07 Å². The molecule has 0 amide bonds. The Bertz CT molecular complexity index is 600. The summed E-state index contributed by atoms with van der Waals surface area (Å²) in [6, 6.07) is 11.4. The Morgan fingerprint density at radius 2 is 1.84 bits per heavy atom. The van der Waals surface area contributed by atoms with Gasteiger partial charge in [0.05, 0.1) is 5.69 Å². The largest absolute Gasteiger partial charge is 0.317 e. The van der Waals surface area contributed by atoms with Crippen molar-refractivity contribution in [1.29, 1.82) is 0 Å². The zero-order chi connectivity index (χ0) is 13.1. The van der Waals surface area contributed by atoms with E-state index in [1.807, 2.05) is 30.3 Å². The first kappa shape index (κ1) is 12.1. The summed E-state index contributed by atoms with van der Waals surface area (Å²) < 4.78 is 0. The highest BCUT2D eigenvalue weighted by atomic mass is 16.1. The first-order valence-corrected chi connectivity index (χ1v) is 6.70. The molecule has 0 saturated carbocycles. The number of rotatable bonds is 2. The first-order chi connectivity index (χ1) is 9.33. The van der Waals surface area contributed by atoms with E-state index >= 15 is 0 Å². The highest BCUT2D eigenvalue weighted by molar-refractivity contribution is 5.54. The molecular weight excluding hydrogens is 238 g/mol. The molecule has 2 heterocycles. The van der Waals surface area contributed by atoms with Crippen molar-refractivity contribution in [2.45, 2.75) is 18.8 Å². The van der Waals surface area contributed by atoms with Gasteiger partial charge in [-0.15, -0.1) is 0 Å². The smallest absolute Gasteiger partial charge is 0.251 e. The van der Waals surface area contributed by atoms with Gasteiger partial charge in [-0.25, -0.2) is 4.98 Å². The van der Waals surface area contributed by atoms with Crippen LogP contribution in [0.25, 0.3) is 11.4 Å². The third-order valence-electron chi connectivity index (χ3n) is 3.57. The molecule has 1 aromatic heterocycles. The lowest BCUT2D eigenvalue weighted by atomic mass is 9.94. The number of hydrogen-bond acceptors (Lipinski definition) is 3. The molecule has 0 spiro atoms. The Morgan fingerprint density at radius 1 is 1.11 bits per heavy atom. The zero-order valence-corrected chi connectivity index (χ0v) is 10.7. The number of aromatic amines is 1. The summed E-state index contributed by atoms with van der Waals surface area (Å²) in [7, 11) is 0. The third-order valence-corrected chi connectivity index (χ3v) is 3.57. The van der Waals surface area contributed by atoms with Crippen LogP contribution in [0.2, 0.25) is 0 Å². The molecule has 4 heteroatoms. The van der Waals surface area contributed by atoms with Gasteiger partial charge in [0.25, 0.3) is 5.56 Å². The Balaban J connectivity index is 1.98. The molecule has 98 valence electrons. The topological polar surface area (TPSA) is 57.8 Å². The van der Waals surface area contributed by atoms with Crippen molar-refractivity contribution in [3.05, 3.63) is 52.4 Å². The molecule has 1 fully saturated rings. The van der Waals surface area contributed by atoms with Crippen molar-refractivity contribution < 1.29 is 0 Å². The average molecular weight is 255 g/mol. The number of aromatic nitrogens is 2. The lowest BCUT2D eigenvalue weighted by molar-refractivity contribution is 0.453. The molecule has 0 bridgehead atoms. The lowest BCUT2D eigenvalue weighted by Gasteiger charge is -2.22. The highest BCUT2D eigenvalue weighted by Crippen LogP contribution is 2.24. The molecule has 2 N–H and O–H groups in total. The summed E-state index contributed by atoms with van der Waals surface area (Å²) in [6.07, 6.45) is 2.09. The number of nitrogens with zero attached hydrogens (tertiary/aromatic N) is 1. The van der Waals surface area contributed by atoms with Crippen LogP contribution in [0.5, 0.6) is 0 Å². The zero-order valence-electron chi connectivity index (χ0n) is 10.7. The third kappa shape index (κ3) is 2.74. The molecule has 0 radical (unpaired) electrons. The predicted molar refractivity (Wildman–Crippen MR) is 75.1 cm³/mol. The number of piperidine rings is 1. The summed E-state index contributed by atoms with van der Waals surface area (Å²) >= 11 is 0. The minimum absolute atomic E-state index is 0.0672. The summed E-state index contributed by atoms with van der Waals surface area (Å²) in [5, 5.41) is 3.33. The minimum Gasteiger partial charge on any atom is -0.317 e. The molecule has 1 saturated heterocycles. The minimum atomic E-state index is -0.0672. The molecule has 0 unspecified atom stereocenters. The van der Waals surface area contributed by atoms with Gasteiger partial charge < -0.3 is 10.3 Å². The van der Waals surface area contributed by atoms with Crippen molar-refractivity contribution in [3.8, 4) is 11.4 Å². The second kappa shape index (κ2) is 5.36. The summed E-state index contributed by atoms with van der Waals surface area (Å²) in [4.78, 5) is 19.3. The molecule has 0 atom stereocenters. The number of H-pyrrole nitrogens is 1. The van der Waals surface area contributed by atoms with Crippen LogP contribution in [-0.2, 0) is 0 Å². The van der Waals surface area contributed by atoms with Crippen LogP contribution in [0.4, 0.5) is 0 Å². The maximum atomic E-state index is 11.8.